The minimum Gasteiger partial charge on any atom is -0.352 e. The number of nitrogens with one attached hydrogen (secondary N) is 2. The average molecular weight is 410 g/mol. The summed E-state index contributed by atoms with van der Waals surface area (Å²) in [5.41, 5.74) is 3.82. The summed E-state index contributed by atoms with van der Waals surface area (Å²) < 4.78 is 0. The molecule has 2 aromatic carbocycles. The summed E-state index contributed by atoms with van der Waals surface area (Å²) in [6.45, 7) is 4.34. The molecule has 1 atom stereocenters. The number of aryl methyl sites for hydroxylation is 2. The molecule has 150 valence electrons. The number of hydrogen-bond donors (Lipinski definition) is 2. The number of carbonyl (C=O) groups is 3. The fourth-order valence-corrected chi connectivity index (χ4v) is 4.04. The quantitative estimate of drug-likeness (QED) is 0.734. The van der Waals surface area contributed by atoms with E-state index in [1.54, 1.807) is 0 Å². The molecular weight excluding hydrogens is 386 g/mol. The maximum atomic E-state index is 12.3. The van der Waals surface area contributed by atoms with Gasteiger partial charge in [-0.2, -0.15) is 0 Å². The lowest BCUT2D eigenvalue weighted by Gasteiger charge is -2.11. The van der Waals surface area contributed by atoms with Gasteiger partial charge in [0, 0.05) is 18.7 Å². The van der Waals surface area contributed by atoms with Gasteiger partial charge in [-0.15, -0.1) is 0 Å². The Morgan fingerprint density at radius 1 is 1.07 bits per heavy atom. The van der Waals surface area contributed by atoms with Gasteiger partial charge in [-0.1, -0.05) is 59.8 Å². The Balaban J connectivity index is 1.47. The SMILES string of the molecule is Cc1ccc(NC(=O)C[C@H]2SC(CC(=O)NCc3ccccc3)=NC2=O)c(C)c1. The molecule has 0 radical (unpaired) electrons. The van der Waals surface area contributed by atoms with Gasteiger partial charge in [-0.25, -0.2) is 4.99 Å². The Labute approximate surface area is 174 Å². The number of benzene rings is 2. The van der Waals surface area contributed by atoms with E-state index in [-0.39, 0.29) is 30.6 Å². The summed E-state index contributed by atoms with van der Waals surface area (Å²) >= 11 is 1.19. The van der Waals surface area contributed by atoms with Crippen LogP contribution in [0.25, 0.3) is 0 Å². The highest BCUT2D eigenvalue weighted by Gasteiger charge is 2.31. The first-order valence-corrected chi connectivity index (χ1v) is 10.2. The van der Waals surface area contributed by atoms with Gasteiger partial charge in [0.1, 0.15) is 5.25 Å². The van der Waals surface area contributed by atoms with E-state index < -0.39 is 5.25 Å². The van der Waals surface area contributed by atoms with Gasteiger partial charge in [0.15, 0.2) is 0 Å². The van der Waals surface area contributed by atoms with E-state index >= 15 is 0 Å². The molecule has 1 aliphatic heterocycles. The normalized spacial score (nSPS) is 15.7. The second kappa shape index (κ2) is 9.52. The maximum absolute atomic E-state index is 12.3. The minimum absolute atomic E-state index is 0.0233. The second-order valence-corrected chi connectivity index (χ2v) is 8.24. The van der Waals surface area contributed by atoms with E-state index in [2.05, 4.69) is 15.6 Å². The highest BCUT2D eigenvalue weighted by atomic mass is 32.2. The van der Waals surface area contributed by atoms with Gasteiger partial charge in [-0.05, 0) is 31.0 Å². The molecule has 0 unspecified atom stereocenters. The lowest BCUT2D eigenvalue weighted by Crippen LogP contribution is -2.24. The van der Waals surface area contributed by atoms with Crippen LogP contribution < -0.4 is 10.6 Å². The number of anilines is 1. The molecule has 1 heterocycles. The second-order valence-electron chi connectivity index (χ2n) is 6.96. The zero-order valence-electron chi connectivity index (χ0n) is 16.4. The zero-order valence-corrected chi connectivity index (χ0v) is 17.2. The minimum atomic E-state index is -0.585. The first-order chi connectivity index (χ1) is 13.9. The molecule has 6 nitrogen and oxygen atoms in total. The molecule has 2 aromatic rings. The summed E-state index contributed by atoms with van der Waals surface area (Å²) in [4.78, 5) is 40.5. The Morgan fingerprint density at radius 2 is 1.83 bits per heavy atom. The highest BCUT2D eigenvalue weighted by Crippen LogP contribution is 2.27. The Hall–Kier alpha value is -2.93. The molecule has 0 saturated heterocycles. The summed E-state index contributed by atoms with van der Waals surface area (Å²) in [6, 6.07) is 15.3. The van der Waals surface area contributed by atoms with Gasteiger partial charge in [-0.3, -0.25) is 14.4 Å². The van der Waals surface area contributed by atoms with Crippen LogP contribution in [0, 0.1) is 13.8 Å². The van der Waals surface area contributed by atoms with Crippen molar-refractivity contribution in [3.63, 3.8) is 0 Å². The average Bonchev–Trinajstić information content (AvgIpc) is 3.02. The molecule has 0 saturated carbocycles. The molecule has 0 aromatic heterocycles. The lowest BCUT2D eigenvalue weighted by molar-refractivity contribution is -0.121. The smallest absolute Gasteiger partial charge is 0.260 e. The molecule has 3 amide bonds. The van der Waals surface area contributed by atoms with E-state index in [1.807, 2.05) is 62.4 Å². The maximum Gasteiger partial charge on any atom is 0.260 e. The Morgan fingerprint density at radius 3 is 2.55 bits per heavy atom. The number of hydrogen-bond acceptors (Lipinski definition) is 4. The van der Waals surface area contributed by atoms with Crippen molar-refractivity contribution >= 4 is 40.2 Å². The number of amides is 3. The van der Waals surface area contributed by atoms with Crippen molar-refractivity contribution in [2.45, 2.75) is 38.5 Å². The molecule has 0 bridgehead atoms. The molecule has 0 fully saturated rings. The summed E-state index contributed by atoms with van der Waals surface area (Å²) in [7, 11) is 0. The van der Waals surface area contributed by atoms with E-state index in [9.17, 15) is 14.4 Å². The van der Waals surface area contributed by atoms with Crippen LogP contribution in [-0.2, 0) is 20.9 Å². The molecule has 29 heavy (non-hydrogen) atoms. The zero-order chi connectivity index (χ0) is 20.8. The van der Waals surface area contributed by atoms with E-state index in [1.165, 1.54) is 11.8 Å². The van der Waals surface area contributed by atoms with Crippen molar-refractivity contribution in [2.24, 2.45) is 4.99 Å². The summed E-state index contributed by atoms with van der Waals surface area (Å²) in [5, 5.41) is 5.52. The molecule has 0 spiro atoms. The molecule has 2 N–H and O–H groups in total. The first kappa shape index (κ1) is 20.8. The molecular formula is C22H23N3O3S. The van der Waals surface area contributed by atoms with Crippen molar-refractivity contribution in [1.82, 2.24) is 5.32 Å². The van der Waals surface area contributed by atoms with Crippen LogP contribution in [0.5, 0.6) is 0 Å². The topological polar surface area (TPSA) is 87.6 Å². The van der Waals surface area contributed by atoms with Gasteiger partial charge in [0.05, 0.1) is 11.5 Å². The van der Waals surface area contributed by atoms with Crippen molar-refractivity contribution < 1.29 is 14.4 Å². The molecule has 0 aliphatic carbocycles. The van der Waals surface area contributed by atoms with Crippen LogP contribution >= 0.6 is 11.8 Å². The van der Waals surface area contributed by atoms with Crippen LogP contribution in [-0.4, -0.2) is 28.0 Å². The monoisotopic (exact) mass is 409 g/mol. The van der Waals surface area contributed by atoms with Crippen LogP contribution in [0.3, 0.4) is 0 Å². The Bertz CT molecular complexity index is 957. The van der Waals surface area contributed by atoms with Gasteiger partial charge < -0.3 is 10.6 Å². The third-order valence-electron chi connectivity index (χ3n) is 4.46. The van der Waals surface area contributed by atoms with Crippen LogP contribution in [0.2, 0.25) is 0 Å². The van der Waals surface area contributed by atoms with Gasteiger partial charge in [0.2, 0.25) is 11.8 Å². The van der Waals surface area contributed by atoms with Crippen molar-refractivity contribution in [2.75, 3.05) is 5.32 Å². The lowest BCUT2D eigenvalue weighted by atomic mass is 10.1. The van der Waals surface area contributed by atoms with Crippen molar-refractivity contribution in [1.29, 1.82) is 0 Å². The van der Waals surface area contributed by atoms with Gasteiger partial charge >= 0.3 is 0 Å². The van der Waals surface area contributed by atoms with Crippen LogP contribution in [0.1, 0.15) is 29.5 Å². The number of rotatable bonds is 7. The van der Waals surface area contributed by atoms with E-state index in [0.717, 1.165) is 22.4 Å². The summed E-state index contributed by atoms with van der Waals surface area (Å²) in [6.07, 6.45) is 0.0634. The first-order valence-electron chi connectivity index (χ1n) is 9.36. The summed E-state index contributed by atoms with van der Waals surface area (Å²) in [5.74, 6) is -0.808. The third kappa shape index (κ3) is 6.02. The van der Waals surface area contributed by atoms with Gasteiger partial charge in [0.25, 0.3) is 5.91 Å². The highest BCUT2D eigenvalue weighted by molar-refractivity contribution is 8.15. The van der Waals surface area contributed by atoms with Crippen molar-refractivity contribution in [3.8, 4) is 0 Å². The van der Waals surface area contributed by atoms with E-state index in [4.69, 9.17) is 0 Å². The van der Waals surface area contributed by atoms with Crippen LogP contribution in [0.15, 0.2) is 53.5 Å². The number of nitrogens with zero attached hydrogens (tertiary/aromatic N) is 1. The van der Waals surface area contributed by atoms with Crippen LogP contribution in [0.4, 0.5) is 5.69 Å². The fraction of sp³-hybridized carbons (Fsp3) is 0.273. The fourth-order valence-electron chi connectivity index (χ4n) is 2.97. The van der Waals surface area contributed by atoms with Crippen molar-refractivity contribution in [3.05, 3.63) is 65.2 Å². The predicted molar refractivity (Wildman–Crippen MR) is 116 cm³/mol. The Kier molecular flexibility index (Phi) is 6.82. The number of carbonyl (C=O) groups excluding carboxylic acids is 3. The van der Waals surface area contributed by atoms with E-state index in [0.29, 0.717) is 11.6 Å². The third-order valence-corrected chi connectivity index (χ3v) is 5.62. The molecule has 3 rings (SSSR count). The predicted octanol–water partition coefficient (Wildman–Crippen LogP) is 3.38. The number of aliphatic imine (C=N–C) groups is 1. The standard InChI is InChI=1S/C22H23N3O3S/c1-14-8-9-17(15(2)10-14)24-20(27)11-18-22(28)25-21(29-18)12-19(26)23-13-16-6-4-3-5-7-16/h3-10,18H,11-13H2,1-2H3,(H,23,26)(H,24,27)/t18-/m1/s1. The number of thioether (sulfide) groups is 1. The molecule has 7 heteroatoms. The molecule has 1 aliphatic rings. The largest absolute Gasteiger partial charge is 0.352 e.